The van der Waals surface area contributed by atoms with E-state index in [2.05, 4.69) is 21.3 Å². The zero-order valence-electron chi connectivity index (χ0n) is 23.6. The summed E-state index contributed by atoms with van der Waals surface area (Å²) >= 11 is 0. The zero-order valence-corrected chi connectivity index (χ0v) is 25.6. The average Bonchev–Trinajstić information content (AvgIpc) is 2.92. The van der Waals surface area contributed by atoms with Crippen LogP contribution in [0.15, 0.2) is 48.5 Å². The monoisotopic (exact) mass is 556 g/mol. The van der Waals surface area contributed by atoms with Gasteiger partial charge < -0.3 is 30.7 Å². The molecule has 0 radical (unpaired) electrons. The normalized spacial score (nSPS) is 13.1. The fourth-order valence-electron chi connectivity index (χ4n) is 4.18. The molecule has 10 nitrogen and oxygen atoms in total. The van der Waals surface area contributed by atoms with E-state index in [9.17, 15) is 19.2 Å². The van der Waals surface area contributed by atoms with Gasteiger partial charge in [0, 0.05) is 35.0 Å². The first-order valence-electron chi connectivity index (χ1n) is 13.0. The van der Waals surface area contributed by atoms with Gasteiger partial charge in [-0.3, -0.25) is 14.4 Å². The molecular weight excluding hydrogens is 516 g/mol. The molecule has 0 saturated carbocycles. The Morgan fingerprint density at radius 2 is 1.64 bits per heavy atom. The molecule has 4 N–H and O–H groups in total. The van der Waals surface area contributed by atoms with E-state index in [0.29, 0.717) is 30.0 Å². The summed E-state index contributed by atoms with van der Waals surface area (Å²) in [6, 6.07) is 13.1. The van der Waals surface area contributed by atoms with Gasteiger partial charge >= 0.3 is 6.03 Å². The van der Waals surface area contributed by atoms with Crippen LogP contribution in [0, 0.1) is 5.92 Å². The molecule has 212 valence electrons. The minimum Gasteiger partial charge on any atom is -0.497 e. The maximum atomic E-state index is 13.4. The summed E-state index contributed by atoms with van der Waals surface area (Å²) in [5, 5.41) is 9.75. The summed E-state index contributed by atoms with van der Waals surface area (Å²) in [7, 11) is 3.33. The molecule has 1 unspecified atom stereocenters. The summed E-state index contributed by atoms with van der Waals surface area (Å²) in [6.07, 6.45) is 0.598. The number of Topliss-reactive ketones (excluding diaryl/α,β-unsaturated/α-hetero) is 1. The number of hydrogen-bond donors (Lipinski definition) is 4. The lowest BCUT2D eigenvalue weighted by Crippen LogP contribution is -2.64. The lowest BCUT2D eigenvalue weighted by molar-refractivity contribution is -0.140. The van der Waals surface area contributed by atoms with Crippen LogP contribution in [-0.2, 0) is 27.5 Å². The first-order chi connectivity index (χ1) is 18.5. The molecule has 2 atom stereocenters. The maximum Gasteiger partial charge on any atom is 0.315 e. The largest absolute Gasteiger partial charge is 0.497 e. The minimum atomic E-state index is -1.17. The Morgan fingerprint density at radius 3 is 2.23 bits per heavy atom. The fourth-order valence-corrected chi connectivity index (χ4v) is 5.37. The molecule has 0 aliphatic carbocycles. The van der Waals surface area contributed by atoms with E-state index in [1.54, 1.807) is 25.1 Å². The number of carbonyl (C=O) groups excluding carboxylic acids is 4. The van der Waals surface area contributed by atoms with Crippen LogP contribution in [0.2, 0.25) is 0 Å². The lowest BCUT2D eigenvalue weighted by Gasteiger charge is -2.33. The standard InChI is InChI=1S/C28H40N4O6Si/c1-6-22(24(33)25(34)29-17-20-12-13-21(37-4)14-23(20)38-5)31-26(35)28(39,15-18(2)3)32-27(36)30-16-19-10-8-7-9-11-19/h7-14,18,22H,6,15-17H2,1-5,39H3,(H,29,34)(H,31,35)(H2,30,32,36)/t22?,28-/m0/s1. The van der Waals surface area contributed by atoms with E-state index in [1.165, 1.54) is 14.2 Å². The molecule has 0 heterocycles. The summed E-state index contributed by atoms with van der Waals surface area (Å²) < 4.78 is 10.5. The van der Waals surface area contributed by atoms with Crippen molar-refractivity contribution in [3.05, 3.63) is 59.7 Å². The third-order valence-corrected chi connectivity index (χ3v) is 7.30. The topological polar surface area (TPSA) is 135 Å². The van der Waals surface area contributed by atoms with Gasteiger partial charge in [-0.2, -0.15) is 0 Å². The molecule has 2 rings (SSSR count). The Kier molecular flexibility index (Phi) is 12.0. The molecule has 39 heavy (non-hydrogen) atoms. The van der Waals surface area contributed by atoms with Crippen LogP contribution >= 0.6 is 0 Å². The molecule has 2 aromatic carbocycles. The number of amides is 4. The van der Waals surface area contributed by atoms with E-state index in [4.69, 9.17) is 9.47 Å². The van der Waals surface area contributed by atoms with Crippen molar-refractivity contribution in [2.75, 3.05) is 14.2 Å². The van der Waals surface area contributed by atoms with Crippen LogP contribution in [0.1, 0.15) is 44.7 Å². The number of carbonyl (C=O) groups is 4. The van der Waals surface area contributed by atoms with Crippen LogP contribution in [0.25, 0.3) is 0 Å². The van der Waals surface area contributed by atoms with Gasteiger partial charge in [-0.1, -0.05) is 51.1 Å². The van der Waals surface area contributed by atoms with Crippen LogP contribution < -0.4 is 30.7 Å². The van der Waals surface area contributed by atoms with Gasteiger partial charge in [-0.25, -0.2) is 4.79 Å². The third kappa shape index (κ3) is 9.43. The van der Waals surface area contributed by atoms with Gasteiger partial charge in [0.25, 0.3) is 5.91 Å². The number of benzene rings is 2. The van der Waals surface area contributed by atoms with E-state index in [-0.39, 0.29) is 29.1 Å². The zero-order chi connectivity index (χ0) is 29.0. The van der Waals surface area contributed by atoms with Gasteiger partial charge in [0.05, 0.1) is 25.4 Å². The number of ether oxygens (including phenoxy) is 2. The molecule has 4 amide bonds. The van der Waals surface area contributed by atoms with Crippen molar-refractivity contribution in [2.45, 2.75) is 57.9 Å². The van der Waals surface area contributed by atoms with E-state index < -0.39 is 34.8 Å². The van der Waals surface area contributed by atoms with E-state index >= 15 is 0 Å². The molecule has 0 aromatic heterocycles. The highest BCUT2D eigenvalue weighted by Crippen LogP contribution is 2.24. The van der Waals surface area contributed by atoms with Crippen molar-refractivity contribution in [1.29, 1.82) is 0 Å². The number of rotatable bonds is 14. The second kappa shape index (κ2) is 14.9. The van der Waals surface area contributed by atoms with Crippen molar-refractivity contribution in [1.82, 2.24) is 21.3 Å². The molecule has 0 bridgehead atoms. The molecule has 0 aliphatic heterocycles. The molecule has 0 fully saturated rings. The predicted octanol–water partition coefficient (Wildman–Crippen LogP) is 1.39. The third-order valence-electron chi connectivity index (χ3n) is 6.19. The average molecular weight is 557 g/mol. The SMILES string of the molecule is CCC(NC(=O)[C@@]([SiH3])(CC(C)C)NC(=O)NCc1ccccc1)C(=O)C(=O)NCc1ccc(OC)cc1OC. The first kappa shape index (κ1) is 31.4. The number of nitrogens with one attached hydrogen (secondary N) is 4. The molecule has 0 spiro atoms. The van der Waals surface area contributed by atoms with E-state index in [0.717, 1.165) is 5.56 Å². The van der Waals surface area contributed by atoms with Crippen molar-refractivity contribution in [3.63, 3.8) is 0 Å². The Labute approximate surface area is 233 Å². The molecule has 0 saturated heterocycles. The first-order valence-corrected chi connectivity index (χ1v) is 14.0. The van der Waals surface area contributed by atoms with Gasteiger partial charge in [0.2, 0.25) is 11.7 Å². The second-order valence-corrected chi connectivity index (χ2v) is 11.6. The highest BCUT2D eigenvalue weighted by molar-refractivity contribution is 6.39. The highest BCUT2D eigenvalue weighted by Gasteiger charge is 2.38. The number of hydrogen-bond acceptors (Lipinski definition) is 6. The van der Waals surface area contributed by atoms with Crippen molar-refractivity contribution >= 4 is 33.9 Å². The summed E-state index contributed by atoms with van der Waals surface area (Å²) in [6.45, 7) is 5.98. The van der Waals surface area contributed by atoms with Crippen molar-refractivity contribution in [3.8, 4) is 11.5 Å². The Bertz CT molecular complexity index is 1140. The maximum absolute atomic E-state index is 13.4. The molecule has 0 aliphatic rings. The van der Waals surface area contributed by atoms with Crippen molar-refractivity contribution < 1.29 is 28.7 Å². The smallest absolute Gasteiger partial charge is 0.315 e. The van der Waals surface area contributed by atoms with Gasteiger partial charge in [-0.15, -0.1) is 0 Å². The second-order valence-electron chi connectivity index (χ2n) is 9.88. The van der Waals surface area contributed by atoms with Gasteiger partial charge in [0.1, 0.15) is 11.5 Å². The predicted molar refractivity (Wildman–Crippen MR) is 153 cm³/mol. The van der Waals surface area contributed by atoms with Crippen molar-refractivity contribution in [2.24, 2.45) is 5.92 Å². The van der Waals surface area contributed by atoms with E-state index in [1.807, 2.05) is 44.2 Å². The number of urea groups is 1. The molecular formula is C28H40N4O6Si. The number of ketones is 1. The summed E-state index contributed by atoms with van der Waals surface area (Å²) in [5.41, 5.74) is 1.59. The van der Waals surface area contributed by atoms with Crippen LogP contribution in [0.3, 0.4) is 0 Å². The molecule has 2 aromatic rings. The molecule has 11 heteroatoms. The van der Waals surface area contributed by atoms with Crippen LogP contribution in [0.4, 0.5) is 4.79 Å². The van der Waals surface area contributed by atoms with Crippen LogP contribution in [-0.4, -0.2) is 59.3 Å². The quantitative estimate of drug-likeness (QED) is 0.205. The van der Waals surface area contributed by atoms with Gasteiger partial charge in [-0.05, 0) is 36.5 Å². The lowest BCUT2D eigenvalue weighted by atomic mass is 10.0. The summed E-state index contributed by atoms with van der Waals surface area (Å²) in [4.78, 5) is 51.7. The Morgan fingerprint density at radius 1 is 0.949 bits per heavy atom. The number of methoxy groups -OCH3 is 2. The highest BCUT2D eigenvalue weighted by atomic mass is 28.1. The van der Waals surface area contributed by atoms with Crippen LogP contribution in [0.5, 0.6) is 11.5 Å². The Balaban J connectivity index is 2.04. The fraction of sp³-hybridized carbons (Fsp3) is 0.429. The Hall–Kier alpha value is -3.86. The van der Waals surface area contributed by atoms with Gasteiger partial charge in [0.15, 0.2) is 0 Å². The summed E-state index contributed by atoms with van der Waals surface area (Å²) in [5.74, 6) is -0.865. The minimum absolute atomic E-state index is 0.0588.